The average molecular weight is 309 g/mol. The molecule has 0 N–H and O–H groups in total. The first-order valence-electron chi connectivity index (χ1n) is 8.10. The van der Waals surface area contributed by atoms with Crippen LogP contribution in [0.15, 0.2) is 47.6 Å². The van der Waals surface area contributed by atoms with E-state index in [0.717, 1.165) is 11.3 Å². The molecule has 4 aliphatic rings. The summed E-state index contributed by atoms with van der Waals surface area (Å²) in [5.41, 5.74) is -0.759. The van der Waals surface area contributed by atoms with Crippen molar-refractivity contribution in [2.75, 3.05) is 6.61 Å². The second-order valence-corrected chi connectivity index (χ2v) is 7.72. The van der Waals surface area contributed by atoms with Crippen molar-refractivity contribution in [2.24, 2.45) is 21.9 Å². The first-order chi connectivity index (χ1) is 10.9. The Morgan fingerprint density at radius 1 is 1.13 bits per heavy atom. The maximum Gasteiger partial charge on any atom is 0.185 e. The highest BCUT2D eigenvalue weighted by Crippen LogP contribution is 2.71. The van der Waals surface area contributed by atoms with Crippen LogP contribution in [0.25, 0.3) is 0 Å². The highest BCUT2D eigenvalue weighted by atomic mass is 16.7. The van der Waals surface area contributed by atoms with E-state index in [9.17, 15) is 4.79 Å². The lowest BCUT2D eigenvalue weighted by Gasteiger charge is -2.41. The van der Waals surface area contributed by atoms with Gasteiger partial charge in [-0.25, -0.2) is 0 Å². The third kappa shape index (κ3) is 1.13. The molecule has 0 radical (unpaired) electrons. The molecule has 1 spiro atoms. The van der Waals surface area contributed by atoms with E-state index in [1.54, 1.807) is 0 Å². The van der Waals surface area contributed by atoms with Crippen LogP contribution in [-0.4, -0.2) is 29.3 Å². The van der Waals surface area contributed by atoms with E-state index >= 15 is 0 Å². The topological polar surface area (TPSA) is 47.9 Å². The summed E-state index contributed by atoms with van der Waals surface area (Å²) in [6.07, 6.45) is 4.09. The number of carbonyl (C=O) groups is 1. The van der Waals surface area contributed by atoms with E-state index in [-0.39, 0.29) is 11.7 Å². The Hall–Kier alpha value is -1.94. The van der Waals surface area contributed by atoms with Crippen molar-refractivity contribution in [1.82, 2.24) is 0 Å². The highest BCUT2D eigenvalue weighted by Gasteiger charge is 2.85. The summed E-state index contributed by atoms with van der Waals surface area (Å²) in [5.74, 6) is 0.0938. The van der Waals surface area contributed by atoms with Gasteiger partial charge < -0.3 is 9.57 Å². The Bertz CT molecular complexity index is 800. The maximum atomic E-state index is 13.4. The number of carbonyl (C=O) groups excluding carboxylic acids is 1. The smallest absolute Gasteiger partial charge is 0.185 e. The van der Waals surface area contributed by atoms with Gasteiger partial charge in [0.25, 0.3) is 0 Å². The summed E-state index contributed by atoms with van der Waals surface area (Å²) in [5, 5.41) is 4.45. The van der Waals surface area contributed by atoms with Gasteiger partial charge >= 0.3 is 0 Å². The van der Waals surface area contributed by atoms with Gasteiger partial charge in [0, 0.05) is 0 Å². The molecule has 1 saturated heterocycles. The second-order valence-electron chi connectivity index (χ2n) is 7.72. The van der Waals surface area contributed by atoms with Gasteiger partial charge in [0.05, 0.1) is 23.7 Å². The number of nitrogens with zero attached hydrogens (tertiary/aromatic N) is 1. The molecule has 2 aliphatic carbocycles. The molecule has 5 rings (SSSR count). The number of allylic oxidation sites excluding steroid dienone is 1. The fourth-order valence-corrected chi connectivity index (χ4v) is 5.32. The van der Waals surface area contributed by atoms with Crippen molar-refractivity contribution in [1.29, 1.82) is 0 Å². The molecule has 23 heavy (non-hydrogen) atoms. The predicted molar refractivity (Wildman–Crippen MR) is 85.0 cm³/mol. The van der Waals surface area contributed by atoms with Crippen LogP contribution in [0.2, 0.25) is 0 Å². The molecule has 2 heterocycles. The molecule has 2 fully saturated rings. The third-order valence-corrected chi connectivity index (χ3v) is 6.83. The van der Waals surface area contributed by atoms with Crippen molar-refractivity contribution in [3.05, 3.63) is 48.0 Å². The SMILES string of the molecule is C[C@]12C(=O)[C@]3(C)C=C[C@@]1(C)OC[C@]21ON=C(c2ccccc2)[C@H]31. The zero-order valence-corrected chi connectivity index (χ0v) is 13.5. The minimum absolute atomic E-state index is 0.115. The number of rotatable bonds is 1. The summed E-state index contributed by atoms with van der Waals surface area (Å²) in [6, 6.07) is 10.0. The average Bonchev–Trinajstić information content (AvgIpc) is 3.09. The van der Waals surface area contributed by atoms with Gasteiger partial charge in [0.2, 0.25) is 0 Å². The molecule has 0 unspecified atom stereocenters. The van der Waals surface area contributed by atoms with Crippen molar-refractivity contribution < 1.29 is 14.4 Å². The standard InChI is InChI=1S/C19H19NO3/c1-16-9-10-17(2)18(3,15(16)21)19(11-22-17)14(16)13(20-23-19)12-7-5-4-6-8-12/h4-10,14H,11H2,1-3H3/t14-,16-,17-,18+,19-/m1/s1. The lowest BCUT2D eigenvalue weighted by molar-refractivity contribution is -0.145. The van der Waals surface area contributed by atoms with Crippen molar-refractivity contribution in [2.45, 2.75) is 32.0 Å². The lowest BCUT2D eigenvalue weighted by Crippen LogP contribution is -2.55. The van der Waals surface area contributed by atoms with Crippen LogP contribution < -0.4 is 0 Å². The predicted octanol–water partition coefficient (Wildman–Crippen LogP) is 2.73. The fraction of sp³-hybridized carbons (Fsp3) is 0.474. The van der Waals surface area contributed by atoms with Crippen LogP contribution in [-0.2, 0) is 14.4 Å². The maximum absolute atomic E-state index is 13.4. The summed E-state index contributed by atoms with van der Waals surface area (Å²) >= 11 is 0. The van der Waals surface area contributed by atoms with Crippen molar-refractivity contribution in [3.63, 3.8) is 0 Å². The molecule has 118 valence electrons. The number of hydrogen-bond acceptors (Lipinski definition) is 4. The number of oxime groups is 1. The Morgan fingerprint density at radius 3 is 2.61 bits per heavy atom. The molecule has 2 bridgehead atoms. The van der Waals surface area contributed by atoms with Crippen LogP contribution in [0.4, 0.5) is 0 Å². The first-order valence-corrected chi connectivity index (χ1v) is 8.10. The monoisotopic (exact) mass is 309 g/mol. The zero-order valence-electron chi connectivity index (χ0n) is 13.5. The Balaban J connectivity index is 1.78. The molecule has 5 atom stereocenters. The molecular formula is C19H19NO3. The van der Waals surface area contributed by atoms with E-state index < -0.39 is 22.0 Å². The van der Waals surface area contributed by atoms with Crippen LogP contribution in [0, 0.1) is 16.7 Å². The van der Waals surface area contributed by atoms with E-state index in [2.05, 4.69) is 11.2 Å². The third-order valence-electron chi connectivity index (χ3n) is 6.83. The van der Waals surface area contributed by atoms with E-state index in [0.29, 0.717) is 6.61 Å². The van der Waals surface area contributed by atoms with E-state index in [1.165, 1.54) is 0 Å². The molecule has 0 aromatic heterocycles. The highest BCUT2D eigenvalue weighted by molar-refractivity contribution is 6.12. The van der Waals surface area contributed by atoms with Crippen LogP contribution in [0.1, 0.15) is 26.3 Å². The van der Waals surface area contributed by atoms with Crippen LogP contribution >= 0.6 is 0 Å². The Labute approximate surface area is 135 Å². The van der Waals surface area contributed by atoms with Gasteiger partial charge in [0.1, 0.15) is 11.0 Å². The lowest BCUT2D eigenvalue weighted by atomic mass is 9.63. The summed E-state index contributed by atoms with van der Waals surface area (Å²) in [6.45, 7) is 6.40. The molecule has 4 nitrogen and oxygen atoms in total. The van der Waals surface area contributed by atoms with Gasteiger partial charge in [-0.1, -0.05) is 47.6 Å². The zero-order chi connectivity index (χ0) is 16.1. The van der Waals surface area contributed by atoms with E-state index in [4.69, 9.17) is 9.57 Å². The van der Waals surface area contributed by atoms with E-state index in [1.807, 2.05) is 57.2 Å². The summed E-state index contributed by atoms with van der Waals surface area (Å²) in [4.78, 5) is 19.5. The van der Waals surface area contributed by atoms with Gasteiger partial charge in [0.15, 0.2) is 11.4 Å². The molecule has 2 aliphatic heterocycles. The summed E-state index contributed by atoms with van der Waals surface area (Å²) < 4.78 is 6.10. The molecule has 1 saturated carbocycles. The normalized spacial score (nSPS) is 49.1. The molecule has 4 heteroatoms. The Morgan fingerprint density at radius 2 is 1.87 bits per heavy atom. The van der Waals surface area contributed by atoms with Gasteiger partial charge in [-0.15, -0.1) is 0 Å². The second kappa shape index (κ2) is 3.59. The number of ketones is 1. The van der Waals surface area contributed by atoms with Gasteiger partial charge in [-0.3, -0.25) is 4.79 Å². The number of fused-ring (bicyclic) bond motifs is 2. The quantitative estimate of drug-likeness (QED) is 0.749. The van der Waals surface area contributed by atoms with Crippen LogP contribution in [0.3, 0.4) is 0 Å². The minimum Gasteiger partial charge on any atom is -0.384 e. The molecule has 1 aromatic carbocycles. The fourth-order valence-electron chi connectivity index (χ4n) is 5.32. The molecular weight excluding hydrogens is 290 g/mol. The van der Waals surface area contributed by atoms with Crippen molar-refractivity contribution in [3.8, 4) is 0 Å². The molecule has 0 amide bonds. The Kier molecular flexibility index (Phi) is 2.11. The first kappa shape index (κ1) is 13.5. The number of Topliss-reactive ketones (excluding diaryl/α,β-unsaturated/α-hetero) is 1. The largest absolute Gasteiger partial charge is 0.384 e. The van der Waals surface area contributed by atoms with Crippen molar-refractivity contribution >= 4 is 11.5 Å². The number of ether oxygens (including phenoxy) is 1. The van der Waals surface area contributed by atoms with Gasteiger partial charge in [-0.05, 0) is 26.3 Å². The number of benzene rings is 1. The van der Waals surface area contributed by atoms with Gasteiger partial charge in [-0.2, -0.15) is 0 Å². The minimum atomic E-state index is -0.714. The van der Waals surface area contributed by atoms with Crippen LogP contribution in [0.5, 0.6) is 0 Å². The molecule has 1 aromatic rings. The summed E-state index contributed by atoms with van der Waals surface area (Å²) in [7, 11) is 0. The number of hydrogen-bond donors (Lipinski definition) is 0.